The third-order valence-electron chi connectivity index (χ3n) is 10.3. The van der Waals surface area contributed by atoms with Gasteiger partial charge in [-0.1, -0.05) is 76.1 Å². The van der Waals surface area contributed by atoms with Crippen molar-refractivity contribution in [2.24, 2.45) is 0 Å². The molecule has 0 aromatic heterocycles. The summed E-state index contributed by atoms with van der Waals surface area (Å²) in [4.78, 5) is 29.8. The third kappa shape index (κ3) is 13.3. The van der Waals surface area contributed by atoms with Crippen LogP contribution in [0.4, 0.5) is 0 Å². The number of methoxy groups -OCH3 is 1. The molecular formula is C44H67NO6Si. The predicted molar refractivity (Wildman–Crippen MR) is 217 cm³/mol. The van der Waals surface area contributed by atoms with E-state index in [9.17, 15) is 9.59 Å². The number of esters is 1. The second-order valence-electron chi connectivity index (χ2n) is 17.0. The van der Waals surface area contributed by atoms with Gasteiger partial charge in [-0.3, -0.25) is 4.79 Å². The van der Waals surface area contributed by atoms with Crippen LogP contribution in [0.1, 0.15) is 102 Å². The molecule has 52 heavy (non-hydrogen) atoms. The molecule has 0 aliphatic heterocycles. The van der Waals surface area contributed by atoms with E-state index in [2.05, 4.69) is 96.2 Å². The van der Waals surface area contributed by atoms with Crippen molar-refractivity contribution in [1.29, 1.82) is 0 Å². The largest absolute Gasteiger partial charge is 0.497 e. The number of fused-ring (bicyclic) bond motifs is 1. The summed E-state index contributed by atoms with van der Waals surface area (Å²) in [5.74, 6) is 0.0711. The minimum absolute atomic E-state index is 0.182. The molecule has 0 spiro atoms. The van der Waals surface area contributed by atoms with Crippen LogP contribution in [0, 0.1) is 13.8 Å². The highest BCUT2D eigenvalue weighted by molar-refractivity contribution is 6.74. The minimum atomic E-state index is -2.50. The topological polar surface area (TPSA) is 74.3 Å². The van der Waals surface area contributed by atoms with Crippen LogP contribution in [0.15, 0.2) is 54.6 Å². The van der Waals surface area contributed by atoms with E-state index in [-0.39, 0.29) is 10.9 Å². The maximum Gasteiger partial charge on any atom is 0.337 e. The lowest BCUT2D eigenvalue weighted by molar-refractivity contribution is -0.177. The molecule has 0 N–H and O–H groups in total. The van der Waals surface area contributed by atoms with Crippen molar-refractivity contribution in [1.82, 2.24) is 4.90 Å². The summed E-state index contributed by atoms with van der Waals surface area (Å²) >= 11 is 0. The maximum atomic E-state index is 14.2. The highest BCUT2D eigenvalue weighted by Crippen LogP contribution is 2.38. The lowest BCUT2D eigenvalue weighted by Crippen LogP contribution is -2.56. The Bertz CT molecular complexity index is 1600. The number of rotatable bonds is 19. The fourth-order valence-electron chi connectivity index (χ4n) is 5.89. The Morgan fingerprint density at radius 2 is 1.33 bits per heavy atom. The number of hydrogen-bond donors (Lipinski definition) is 0. The Balaban J connectivity index is 1.67. The molecule has 288 valence electrons. The zero-order valence-corrected chi connectivity index (χ0v) is 35.3. The molecule has 0 saturated heterocycles. The van der Waals surface area contributed by atoms with E-state index in [4.69, 9.17) is 18.6 Å². The van der Waals surface area contributed by atoms with Crippen molar-refractivity contribution in [3.8, 4) is 5.75 Å². The molecule has 1 amide bonds. The second-order valence-corrected chi connectivity index (χ2v) is 21.7. The van der Waals surface area contributed by atoms with Crippen LogP contribution >= 0.6 is 0 Å². The number of carbonyl (C=O) groups is 2. The molecule has 3 aromatic rings. The zero-order valence-electron chi connectivity index (χ0n) is 34.3. The number of benzene rings is 3. The lowest BCUT2D eigenvalue weighted by atomic mass is 10.0. The average molecular weight is 734 g/mol. The molecule has 0 aliphatic carbocycles. The number of carbonyl (C=O) groups excluding carboxylic acids is 2. The molecule has 0 unspecified atom stereocenters. The molecule has 0 aliphatic rings. The Morgan fingerprint density at radius 1 is 0.731 bits per heavy atom. The molecule has 3 aromatic carbocycles. The molecule has 7 nitrogen and oxygen atoms in total. The lowest BCUT2D eigenvalue weighted by Gasteiger charge is -2.41. The summed E-state index contributed by atoms with van der Waals surface area (Å²) in [7, 11) is 0.987. The van der Waals surface area contributed by atoms with Crippen LogP contribution in [-0.4, -0.2) is 70.2 Å². The van der Waals surface area contributed by atoms with E-state index in [1.807, 2.05) is 26.8 Å². The van der Waals surface area contributed by atoms with Gasteiger partial charge < -0.3 is 23.5 Å². The standard InChI is InChI=1S/C44H67NO6Si/c1-32-21-22-34(29-33(32)2)19-16-14-18-28-49-39(40(42(47)50-43(3,4)5)51-52(11,12)44(6,7)8)41(46)45(9)27-17-13-15-20-35-23-24-37-31-38(48-10)26-25-36(37)30-35/h21-26,29-31,39-40H,13-20,27-28H2,1-12H3/t39-,40-/m1/s1. The number of ether oxygens (including phenoxy) is 3. The van der Waals surface area contributed by atoms with Gasteiger partial charge in [0.25, 0.3) is 5.91 Å². The summed E-state index contributed by atoms with van der Waals surface area (Å²) < 4.78 is 24.4. The highest BCUT2D eigenvalue weighted by Gasteiger charge is 2.47. The third-order valence-corrected chi connectivity index (χ3v) is 14.8. The van der Waals surface area contributed by atoms with Gasteiger partial charge >= 0.3 is 5.97 Å². The predicted octanol–water partition coefficient (Wildman–Crippen LogP) is 10.2. The molecule has 0 bridgehead atoms. The first-order valence-electron chi connectivity index (χ1n) is 19.2. The summed E-state index contributed by atoms with van der Waals surface area (Å²) in [6.07, 6.45) is 5.31. The SMILES string of the molecule is COc1ccc2cc(CCCCCN(C)C(=O)[C@H](OCCCCCc3ccc(C)c(C)c3)[C@@H](O[Si](C)(C)C(C)(C)C)C(=O)OC(C)(C)C)ccc2c1. The molecule has 0 heterocycles. The molecule has 0 radical (unpaired) electrons. The quantitative estimate of drug-likeness (QED) is 0.0694. The van der Waals surface area contributed by atoms with Gasteiger partial charge in [0.1, 0.15) is 11.4 Å². The van der Waals surface area contributed by atoms with Gasteiger partial charge in [-0.2, -0.15) is 0 Å². The van der Waals surface area contributed by atoms with Gasteiger partial charge in [-0.15, -0.1) is 0 Å². The van der Waals surface area contributed by atoms with Crippen LogP contribution in [0.5, 0.6) is 5.75 Å². The number of hydrogen-bond acceptors (Lipinski definition) is 6. The van der Waals surface area contributed by atoms with Crippen molar-refractivity contribution in [2.45, 2.75) is 143 Å². The maximum absolute atomic E-state index is 14.2. The Morgan fingerprint density at radius 3 is 1.94 bits per heavy atom. The highest BCUT2D eigenvalue weighted by atomic mass is 28.4. The van der Waals surface area contributed by atoms with Crippen molar-refractivity contribution in [3.05, 3.63) is 76.9 Å². The van der Waals surface area contributed by atoms with Crippen LogP contribution < -0.4 is 4.74 Å². The van der Waals surface area contributed by atoms with Crippen molar-refractivity contribution >= 4 is 31.0 Å². The molecule has 0 fully saturated rings. The summed E-state index contributed by atoms with van der Waals surface area (Å²) in [5, 5.41) is 2.19. The molecular weight excluding hydrogens is 667 g/mol. The molecule has 0 saturated carbocycles. The van der Waals surface area contributed by atoms with Gasteiger partial charge in [0.15, 0.2) is 20.5 Å². The number of aryl methyl sites for hydroxylation is 4. The number of amides is 1. The normalized spacial score (nSPS) is 13.5. The van der Waals surface area contributed by atoms with Crippen molar-refractivity contribution in [3.63, 3.8) is 0 Å². The average Bonchev–Trinajstić information content (AvgIpc) is 3.06. The summed E-state index contributed by atoms with van der Waals surface area (Å²) in [6.45, 7) is 21.3. The first-order chi connectivity index (χ1) is 24.3. The summed E-state index contributed by atoms with van der Waals surface area (Å²) in [6, 6.07) is 19.4. The second kappa shape index (κ2) is 19.2. The van der Waals surface area contributed by atoms with E-state index in [1.165, 1.54) is 33.0 Å². The molecule has 8 heteroatoms. The van der Waals surface area contributed by atoms with E-state index in [1.54, 1.807) is 19.1 Å². The van der Waals surface area contributed by atoms with Crippen LogP contribution in [0.25, 0.3) is 10.8 Å². The van der Waals surface area contributed by atoms with Gasteiger partial charge in [-0.25, -0.2) is 4.79 Å². The fraction of sp³-hybridized carbons (Fsp3) is 0.591. The van der Waals surface area contributed by atoms with Crippen LogP contribution in [0.3, 0.4) is 0 Å². The van der Waals surface area contributed by atoms with Gasteiger partial charge in [0.2, 0.25) is 0 Å². The number of nitrogens with zero attached hydrogens (tertiary/aromatic N) is 1. The Hall–Kier alpha value is -3.20. The molecule has 2 atom stereocenters. The van der Waals surface area contributed by atoms with Crippen LogP contribution in [-0.2, 0) is 36.3 Å². The minimum Gasteiger partial charge on any atom is -0.497 e. The van der Waals surface area contributed by atoms with E-state index < -0.39 is 32.1 Å². The van der Waals surface area contributed by atoms with E-state index >= 15 is 0 Å². The molecule has 3 rings (SSSR count). The first kappa shape index (κ1) is 43.2. The number of unbranched alkanes of at least 4 members (excludes halogenated alkanes) is 4. The number of likely N-dealkylation sites (N-methyl/N-ethyl adjacent to an activating group) is 1. The van der Waals surface area contributed by atoms with Gasteiger partial charge in [0.05, 0.1) is 7.11 Å². The monoisotopic (exact) mass is 733 g/mol. The van der Waals surface area contributed by atoms with Gasteiger partial charge in [0, 0.05) is 20.2 Å². The zero-order chi connectivity index (χ0) is 38.7. The van der Waals surface area contributed by atoms with E-state index in [0.29, 0.717) is 13.2 Å². The van der Waals surface area contributed by atoms with Gasteiger partial charge in [-0.05, 0) is 136 Å². The Kier molecular flexibility index (Phi) is 16.0. The first-order valence-corrected chi connectivity index (χ1v) is 22.1. The smallest absolute Gasteiger partial charge is 0.337 e. The Labute approximate surface area is 315 Å². The van der Waals surface area contributed by atoms with Crippen LogP contribution in [0.2, 0.25) is 18.1 Å². The van der Waals surface area contributed by atoms with Crippen molar-refractivity contribution in [2.75, 3.05) is 27.3 Å². The van der Waals surface area contributed by atoms with Crippen molar-refractivity contribution < 1.29 is 28.2 Å². The fourth-order valence-corrected chi connectivity index (χ4v) is 7.10. The summed E-state index contributed by atoms with van der Waals surface area (Å²) in [5.41, 5.74) is 4.52. The van der Waals surface area contributed by atoms with E-state index in [0.717, 1.165) is 57.1 Å².